The zero-order valence-corrected chi connectivity index (χ0v) is 32.3. The minimum Gasteiger partial charge on any atom is -0.481 e. The van der Waals surface area contributed by atoms with E-state index in [4.69, 9.17) is 9.40 Å². The second-order valence-corrected chi connectivity index (χ2v) is 15.5. The molecule has 13 nitrogen and oxygen atoms in total. The average molecular weight is 786 g/mol. The van der Waals surface area contributed by atoms with E-state index in [1.165, 1.54) is 0 Å². The number of aromatic nitrogens is 4. The minimum absolute atomic E-state index is 0.0717. The topological polar surface area (TPSA) is 177 Å². The first-order chi connectivity index (χ1) is 27.9. The number of fused-ring (bicyclic) bond motifs is 2. The number of aliphatic carboxylic acids is 1. The molecule has 2 aliphatic heterocycles. The average Bonchev–Trinajstić information content (AvgIpc) is 3.79. The molecule has 8 rings (SSSR count). The fourth-order valence-electron chi connectivity index (χ4n) is 8.01. The number of aliphatic hydroxyl groups is 1. The smallest absolute Gasteiger partial charge is 0.306 e. The van der Waals surface area contributed by atoms with Gasteiger partial charge in [0.2, 0.25) is 11.7 Å². The van der Waals surface area contributed by atoms with Crippen LogP contribution < -0.4 is 0 Å². The Morgan fingerprint density at radius 2 is 1.66 bits per heavy atom. The highest BCUT2D eigenvalue weighted by atomic mass is 19.3. The minimum atomic E-state index is -2.93. The third kappa shape index (κ3) is 7.91. The van der Waals surface area contributed by atoms with Gasteiger partial charge in [0, 0.05) is 37.9 Å². The van der Waals surface area contributed by atoms with E-state index in [0.717, 1.165) is 38.9 Å². The summed E-state index contributed by atoms with van der Waals surface area (Å²) < 4.78 is 34.2. The number of oxazole rings is 1. The molecular formula is C43H41F2N9O4. The molecule has 0 spiro atoms. The van der Waals surface area contributed by atoms with Crippen molar-refractivity contribution in [3.63, 3.8) is 0 Å². The Bertz CT molecular complexity index is 2630. The van der Waals surface area contributed by atoms with Crippen molar-refractivity contribution < 1.29 is 28.2 Å². The Balaban J connectivity index is 1.07. The molecule has 2 fully saturated rings. The van der Waals surface area contributed by atoms with Crippen molar-refractivity contribution >= 4 is 39.6 Å². The molecule has 2 aliphatic rings. The van der Waals surface area contributed by atoms with Crippen LogP contribution in [0.1, 0.15) is 66.3 Å². The summed E-state index contributed by atoms with van der Waals surface area (Å²) in [4.78, 5) is 33.1. The SMILES string of the molecule is Cc1c(/N=N/c2nc(C(F)F)nc3cc(CN4CC[C@@](C)(O)C4)cnc23)cccc1-c1cccc(-c2nc3cc(CN4CCC(C(=O)O)CC4)cc(C#N)c3o2)c1C. The number of carbonyl (C=O) groups is 1. The van der Waals surface area contributed by atoms with Gasteiger partial charge in [-0.2, -0.15) is 5.26 Å². The van der Waals surface area contributed by atoms with Crippen molar-refractivity contribution in [2.24, 2.45) is 16.1 Å². The van der Waals surface area contributed by atoms with Gasteiger partial charge in [-0.25, -0.2) is 23.7 Å². The summed E-state index contributed by atoms with van der Waals surface area (Å²) in [7, 11) is 0. The second kappa shape index (κ2) is 15.7. The lowest BCUT2D eigenvalue weighted by atomic mass is 9.93. The standard InChI is InChI=1S/C43H41F2N9O4/c1-24-30(6-4-8-32(24)41-49-35-17-26(16-29(19-46)37(35)58-41)21-53-13-10-28(11-14-53)42(55)56)31-7-5-9-33(25(31)2)51-52-39-36-34(48-40(50-39)38(44)45)18-27(20-47-36)22-54-15-12-43(3,57)23-54/h4-9,16-18,20,28,38,57H,10-15,21-23H2,1-3H3,(H,55,56)/b52-51+/t43-/m1/s1. The van der Waals surface area contributed by atoms with E-state index in [9.17, 15) is 29.1 Å². The Kier molecular flexibility index (Phi) is 10.5. The zero-order valence-electron chi connectivity index (χ0n) is 32.3. The molecule has 2 saturated heterocycles. The van der Waals surface area contributed by atoms with Crippen LogP contribution in [0.2, 0.25) is 0 Å². The number of likely N-dealkylation sites (tertiary alicyclic amines) is 2. The maximum absolute atomic E-state index is 14.0. The van der Waals surface area contributed by atoms with E-state index in [1.54, 1.807) is 25.3 Å². The van der Waals surface area contributed by atoms with Crippen molar-refractivity contribution in [2.45, 2.75) is 65.1 Å². The molecule has 0 radical (unpaired) electrons. The van der Waals surface area contributed by atoms with E-state index in [-0.39, 0.29) is 22.8 Å². The number of halogens is 2. The first kappa shape index (κ1) is 38.8. The van der Waals surface area contributed by atoms with Crippen LogP contribution in [0.25, 0.3) is 44.7 Å². The van der Waals surface area contributed by atoms with Crippen LogP contribution in [0, 0.1) is 31.1 Å². The summed E-state index contributed by atoms with van der Waals surface area (Å²) in [5.41, 5.74) is 7.38. The summed E-state index contributed by atoms with van der Waals surface area (Å²) in [6, 6.07) is 19.1. The van der Waals surface area contributed by atoms with Crippen molar-refractivity contribution in [1.82, 2.24) is 29.7 Å². The molecule has 1 atom stereocenters. The number of nitrogens with zero attached hydrogens (tertiary/aromatic N) is 9. The molecule has 3 aromatic heterocycles. The van der Waals surface area contributed by atoms with Crippen LogP contribution >= 0.6 is 0 Å². The van der Waals surface area contributed by atoms with Crippen LogP contribution in [0.15, 0.2) is 75.4 Å². The summed E-state index contributed by atoms with van der Waals surface area (Å²) in [5.74, 6) is -1.45. The van der Waals surface area contributed by atoms with Crippen molar-refractivity contribution in [3.8, 4) is 28.7 Å². The van der Waals surface area contributed by atoms with Gasteiger partial charge in [-0.05, 0) is 117 Å². The van der Waals surface area contributed by atoms with Gasteiger partial charge in [0.15, 0.2) is 11.4 Å². The molecule has 296 valence electrons. The van der Waals surface area contributed by atoms with Gasteiger partial charge in [0.05, 0.1) is 28.3 Å². The largest absolute Gasteiger partial charge is 0.481 e. The number of pyridine rings is 1. The van der Waals surface area contributed by atoms with E-state index in [0.29, 0.717) is 86.8 Å². The second-order valence-electron chi connectivity index (χ2n) is 15.5. The number of piperidine rings is 1. The molecule has 0 aliphatic carbocycles. The van der Waals surface area contributed by atoms with Crippen molar-refractivity contribution in [3.05, 3.63) is 94.4 Å². The van der Waals surface area contributed by atoms with Gasteiger partial charge in [-0.15, -0.1) is 10.2 Å². The Hall–Kier alpha value is -6.08. The number of hydrogen-bond donors (Lipinski definition) is 2. The number of carboxylic acid groups (broad SMARTS) is 1. The number of rotatable bonds is 10. The molecule has 0 amide bonds. The first-order valence-electron chi connectivity index (χ1n) is 19.2. The number of benzene rings is 3. The quantitative estimate of drug-likeness (QED) is 0.127. The summed E-state index contributed by atoms with van der Waals surface area (Å²) in [6.07, 6.45) is 0.535. The fraction of sp³-hybridized carbons (Fsp3) is 0.349. The third-order valence-corrected chi connectivity index (χ3v) is 11.1. The third-order valence-electron chi connectivity index (χ3n) is 11.1. The molecule has 0 saturated carbocycles. The highest BCUT2D eigenvalue weighted by molar-refractivity contribution is 5.86. The van der Waals surface area contributed by atoms with Gasteiger partial charge in [0.25, 0.3) is 6.43 Å². The van der Waals surface area contributed by atoms with Gasteiger partial charge in [0.1, 0.15) is 17.1 Å². The van der Waals surface area contributed by atoms with E-state index >= 15 is 0 Å². The molecule has 0 bridgehead atoms. The maximum Gasteiger partial charge on any atom is 0.306 e. The van der Waals surface area contributed by atoms with Crippen LogP contribution in [0.3, 0.4) is 0 Å². The Morgan fingerprint density at radius 3 is 2.36 bits per heavy atom. The summed E-state index contributed by atoms with van der Waals surface area (Å²) in [5, 5.41) is 38.6. The number of alkyl halides is 2. The first-order valence-corrected chi connectivity index (χ1v) is 19.2. The van der Waals surface area contributed by atoms with Crippen LogP contribution in [-0.2, 0) is 17.9 Å². The van der Waals surface area contributed by atoms with Gasteiger partial charge >= 0.3 is 5.97 Å². The van der Waals surface area contributed by atoms with Crippen LogP contribution in [0.4, 0.5) is 20.3 Å². The monoisotopic (exact) mass is 785 g/mol. The zero-order chi connectivity index (χ0) is 40.7. The van der Waals surface area contributed by atoms with E-state index in [1.807, 2.05) is 56.3 Å². The fourth-order valence-corrected chi connectivity index (χ4v) is 8.01. The number of β-amino-alcohol motifs (C(OH)–C–C–N with tert-alkyl or cyclic N) is 1. The van der Waals surface area contributed by atoms with Crippen LogP contribution in [0.5, 0.6) is 0 Å². The number of hydrogen-bond acceptors (Lipinski definition) is 12. The molecule has 6 aromatic rings. The lowest BCUT2D eigenvalue weighted by molar-refractivity contribution is -0.143. The highest BCUT2D eigenvalue weighted by Crippen LogP contribution is 2.38. The summed E-state index contributed by atoms with van der Waals surface area (Å²) >= 11 is 0. The molecule has 5 heterocycles. The molecule has 2 N–H and O–H groups in total. The lowest BCUT2D eigenvalue weighted by Gasteiger charge is -2.30. The maximum atomic E-state index is 14.0. The molecule has 0 unspecified atom stereocenters. The highest BCUT2D eigenvalue weighted by Gasteiger charge is 2.31. The number of azo groups is 1. The predicted molar refractivity (Wildman–Crippen MR) is 212 cm³/mol. The van der Waals surface area contributed by atoms with Gasteiger partial charge < -0.3 is 14.6 Å². The molecule has 3 aromatic carbocycles. The Labute approximate surface area is 332 Å². The number of nitriles is 1. The van der Waals surface area contributed by atoms with E-state index < -0.39 is 23.8 Å². The van der Waals surface area contributed by atoms with Crippen molar-refractivity contribution in [2.75, 3.05) is 26.2 Å². The molecular weight excluding hydrogens is 745 g/mol. The molecule has 15 heteroatoms. The van der Waals surface area contributed by atoms with Crippen LogP contribution in [-0.4, -0.2) is 77.7 Å². The van der Waals surface area contributed by atoms with Crippen molar-refractivity contribution in [1.29, 1.82) is 5.26 Å². The van der Waals surface area contributed by atoms with Gasteiger partial charge in [-0.3, -0.25) is 19.6 Å². The predicted octanol–water partition coefficient (Wildman–Crippen LogP) is 8.59. The van der Waals surface area contributed by atoms with Gasteiger partial charge in [-0.1, -0.05) is 24.3 Å². The van der Waals surface area contributed by atoms with E-state index in [2.05, 4.69) is 41.0 Å². The Morgan fingerprint density at radius 1 is 0.948 bits per heavy atom. The number of carboxylic acids is 1. The summed E-state index contributed by atoms with van der Waals surface area (Å²) in [6.45, 7) is 9.26. The normalized spacial score (nSPS) is 18.2. The lowest BCUT2D eigenvalue weighted by Crippen LogP contribution is -2.35. The molecule has 58 heavy (non-hydrogen) atoms.